The summed E-state index contributed by atoms with van der Waals surface area (Å²) >= 11 is 1.43. The van der Waals surface area contributed by atoms with Crippen molar-refractivity contribution >= 4 is 29.4 Å². The molecule has 33 heavy (non-hydrogen) atoms. The minimum absolute atomic E-state index is 0.255. The molecule has 0 aliphatic carbocycles. The fourth-order valence-electron chi connectivity index (χ4n) is 3.83. The monoisotopic (exact) mass is 469 g/mol. The van der Waals surface area contributed by atoms with Gasteiger partial charge in [0.15, 0.2) is 5.78 Å². The Morgan fingerprint density at radius 1 is 1.06 bits per heavy atom. The lowest BCUT2D eigenvalue weighted by atomic mass is 9.82. The van der Waals surface area contributed by atoms with Crippen molar-refractivity contribution in [2.75, 3.05) is 11.6 Å². The number of Topliss-reactive ketones (excluding diaryl/α,β-unsaturated/α-hetero) is 1. The molecule has 2 aromatic carbocycles. The lowest BCUT2D eigenvalue weighted by Crippen LogP contribution is -2.56. The van der Waals surface area contributed by atoms with Gasteiger partial charge in [0.1, 0.15) is 12.1 Å². The quantitative estimate of drug-likeness (QED) is 0.537. The minimum atomic E-state index is -1.70. The molecule has 4 atom stereocenters. The Bertz CT molecular complexity index is 978. The van der Waals surface area contributed by atoms with Gasteiger partial charge in [-0.05, 0) is 26.3 Å². The third-order valence-corrected chi connectivity index (χ3v) is 6.50. The van der Waals surface area contributed by atoms with E-state index in [2.05, 4.69) is 5.32 Å². The number of aliphatic hydroxyl groups is 1. The van der Waals surface area contributed by atoms with Gasteiger partial charge in [0, 0.05) is 22.9 Å². The Balaban J connectivity index is 1.90. The number of amides is 2. The van der Waals surface area contributed by atoms with Crippen LogP contribution >= 0.6 is 11.8 Å². The topological polar surface area (TPSA) is 113 Å². The van der Waals surface area contributed by atoms with E-state index >= 15 is 0 Å². The zero-order chi connectivity index (χ0) is 24.2. The first-order valence-electron chi connectivity index (χ1n) is 10.9. The van der Waals surface area contributed by atoms with E-state index in [4.69, 9.17) is 5.73 Å². The van der Waals surface area contributed by atoms with Crippen LogP contribution in [0.2, 0.25) is 0 Å². The van der Waals surface area contributed by atoms with Crippen molar-refractivity contribution in [3.63, 3.8) is 0 Å². The van der Waals surface area contributed by atoms with Gasteiger partial charge >= 0.3 is 0 Å². The summed E-state index contributed by atoms with van der Waals surface area (Å²) in [4.78, 5) is 41.0. The molecule has 7 nitrogen and oxygen atoms in total. The molecule has 4 N–H and O–H groups in total. The maximum Gasteiger partial charge on any atom is 0.253 e. The number of nitrogens with one attached hydrogen (secondary N) is 1. The normalized spacial score (nSPS) is 18.9. The van der Waals surface area contributed by atoms with Gasteiger partial charge in [-0.15, -0.1) is 11.8 Å². The zero-order valence-electron chi connectivity index (χ0n) is 19.1. The molecule has 2 aromatic rings. The van der Waals surface area contributed by atoms with Gasteiger partial charge in [-0.3, -0.25) is 14.4 Å². The van der Waals surface area contributed by atoms with E-state index in [0.717, 1.165) is 0 Å². The summed E-state index contributed by atoms with van der Waals surface area (Å²) in [6.45, 7) is 5.59. The van der Waals surface area contributed by atoms with Crippen LogP contribution in [-0.2, 0) is 9.59 Å². The van der Waals surface area contributed by atoms with Crippen molar-refractivity contribution in [1.82, 2.24) is 10.2 Å². The van der Waals surface area contributed by atoms with Crippen LogP contribution in [0, 0.1) is 5.92 Å². The van der Waals surface area contributed by atoms with E-state index in [1.54, 1.807) is 54.6 Å². The Morgan fingerprint density at radius 2 is 1.64 bits per heavy atom. The molecule has 0 bridgehead atoms. The largest absolute Gasteiger partial charge is 0.382 e. The van der Waals surface area contributed by atoms with Crippen LogP contribution in [-0.4, -0.2) is 56.9 Å². The Morgan fingerprint density at radius 3 is 2.21 bits per heavy atom. The molecule has 1 heterocycles. The summed E-state index contributed by atoms with van der Waals surface area (Å²) in [6.07, 6.45) is -1.70. The van der Waals surface area contributed by atoms with Crippen LogP contribution in [0.25, 0.3) is 0 Å². The predicted molar refractivity (Wildman–Crippen MR) is 129 cm³/mol. The van der Waals surface area contributed by atoms with Gasteiger partial charge in [-0.2, -0.15) is 0 Å². The fourth-order valence-corrected chi connectivity index (χ4v) is 5.00. The molecule has 1 saturated heterocycles. The number of hydrogen-bond donors (Lipinski definition) is 3. The lowest BCUT2D eigenvalue weighted by molar-refractivity contribution is -0.147. The number of rotatable bonds is 7. The molecule has 176 valence electrons. The second kappa shape index (κ2) is 10.5. The summed E-state index contributed by atoms with van der Waals surface area (Å²) in [5.74, 6) is -1.91. The summed E-state index contributed by atoms with van der Waals surface area (Å²) in [7, 11) is 0. The molecule has 0 spiro atoms. The van der Waals surface area contributed by atoms with Crippen molar-refractivity contribution in [2.45, 2.75) is 44.5 Å². The molecule has 3 unspecified atom stereocenters. The van der Waals surface area contributed by atoms with Crippen molar-refractivity contribution < 1.29 is 19.5 Å². The van der Waals surface area contributed by atoms with Gasteiger partial charge < -0.3 is 21.1 Å². The first-order chi connectivity index (χ1) is 15.6. The average molecular weight is 470 g/mol. The first-order valence-corrected chi connectivity index (χ1v) is 12.0. The molecule has 1 fully saturated rings. The van der Waals surface area contributed by atoms with Crippen LogP contribution in [0.4, 0.5) is 0 Å². The van der Waals surface area contributed by atoms with E-state index in [0.29, 0.717) is 16.9 Å². The summed E-state index contributed by atoms with van der Waals surface area (Å²) < 4.78 is 0. The van der Waals surface area contributed by atoms with Crippen LogP contribution < -0.4 is 11.1 Å². The minimum Gasteiger partial charge on any atom is -0.382 e. The Labute approximate surface area is 198 Å². The van der Waals surface area contributed by atoms with Crippen molar-refractivity contribution in [3.05, 3.63) is 71.8 Å². The summed E-state index contributed by atoms with van der Waals surface area (Å²) in [5, 5.41) is 14.1. The highest BCUT2D eigenvalue weighted by molar-refractivity contribution is 7.99. The SMILES string of the molecule is CC(C)(C)NC(=O)[C@@H]1CSCN1C(=O)C(O)C(C(=O)c1ccccc1)C(N)c1ccccc1. The van der Waals surface area contributed by atoms with E-state index in [1.807, 2.05) is 26.8 Å². The number of nitrogens with zero attached hydrogens (tertiary/aromatic N) is 1. The summed E-state index contributed by atoms with van der Waals surface area (Å²) in [5.41, 5.74) is 6.99. The van der Waals surface area contributed by atoms with E-state index in [-0.39, 0.29) is 11.8 Å². The summed E-state index contributed by atoms with van der Waals surface area (Å²) in [6, 6.07) is 15.8. The zero-order valence-corrected chi connectivity index (χ0v) is 19.9. The molecule has 1 aliphatic heterocycles. The van der Waals surface area contributed by atoms with Crippen molar-refractivity contribution in [1.29, 1.82) is 0 Å². The van der Waals surface area contributed by atoms with Gasteiger partial charge in [-0.25, -0.2) is 0 Å². The van der Waals surface area contributed by atoms with E-state index < -0.39 is 41.3 Å². The van der Waals surface area contributed by atoms with Crippen LogP contribution in [0.1, 0.15) is 42.7 Å². The van der Waals surface area contributed by atoms with Crippen LogP contribution in [0.5, 0.6) is 0 Å². The number of thioether (sulfide) groups is 1. The highest BCUT2D eigenvalue weighted by Crippen LogP contribution is 2.30. The molecular weight excluding hydrogens is 438 g/mol. The highest BCUT2D eigenvalue weighted by Gasteiger charge is 2.44. The number of aliphatic hydroxyl groups excluding tert-OH is 1. The Hall–Kier alpha value is -2.68. The van der Waals surface area contributed by atoms with Crippen LogP contribution in [0.15, 0.2) is 60.7 Å². The third-order valence-electron chi connectivity index (χ3n) is 5.49. The number of nitrogens with two attached hydrogens (primary N) is 1. The maximum absolute atomic E-state index is 13.4. The highest BCUT2D eigenvalue weighted by atomic mass is 32.2. The number of benzene rings is 2. The van der Waals surface area contributed by atoms with Gasteiger partial charge in [0.2, 0.25) is 5.91 Å². The molecule has 2 amide bonds. The van der Waals surface area contributed by atoms with Gasteiger partial charge in [0.05, 0.1) is 11.8 Å². The van der Waals surface area contributed by atoms with Crippen molar-refractivity contribution in [2.24, 2.45) is 11.7 Å². The average Bonchev–Trinajstić information content (AvgIpc) is 3.28. The fraction of sp³-hybridized carbons (Fsp3) is 0.400. The smallest absolute Gasteiger partial charge is 0.253 e. The number of hydrogen-bond acceptors (Lipinski definition) is 6. The molecular formula is C25H31N3O4S. The standard InChI is InChI=1S/C25H31N3O4S/c1-25(2,3)27-23(31)18-14-33-15-28(18)24(32)22(30)19(20(26)16-10-6-4-7-11-16)21(29)17-12-8-5-9-13-17/h4-13,18-20,22,30H,14-15,26H2,1-3H3,(H,27,31)/t18-,19?,20?,22?/m0/s1. The first kappa shape index (κ1) is 25.0. The molecule has 0 radical (unpaired) electrons. The van der Waals surface area contributed by atoms with Crippen LogP contribution in [0.3, 0.4) is 0 Å². The second-order valence-electron chi connectivity index (χ2n) is 9.20. The number of carbonyl (C=O) groups excluding carboxylic acids is 3. The van der Waals surface area contributed by atoms with E-state index in [1.165, 1.54) is 16.7 Å². The molecule has 8 heteroatoms. The van der Waals surface area contributed by atoms with Gasteiger partial charge in [-0.1, -0.05) is 60.7 Å². The van der Waals surface area contributed by atoms with Gasteiger partial charge in [0.25, 0.3) is 5.91 Å². The molecule has 3 rings (SSSR count). The second-order valence-corrected chi connectivity index (χ2v) is 10.2. The van der Waals surface area contributed by atoms with E-state index in [9.17, 15) is 19.5 Å². The number of carbonyl (C=O) groups is 3. The predicted octanol–water partition coefficient (Wildman–Crippen LogP) is 2.36. The third kappa shape index (κ3) is 6.01. The molecule has 0 saturated carbocycles. The number of ketones is 1. The Kier molecular flexibility index (Phi) is 7.94. The molecule has 0 aromatic heterocycles. The maximum atomic E-state index is 13.4. The van der Waals surface area contributed by atoms with Crippen molar-refractivity contribution in [3.8, 4) is 0 Å². The molecule has 1 aliphatic rings. The lowest BCUT2D eigenvalue weighted by Gasteiger charge is -2.32.